The van der Waals surface area contributed by atoms with Crippen LogP contribution in [-0.4, -0.2) is 30.7 Å². The van der Waals surface area contributed by atoms with E-state index in [1.165, 1.54) is 0 Å². The van der Waals surface area contributed by atoms with Crippen LogP contribution in [0.3, 0.4) is 0 Å². The topological polar surface area (TPSA) is 65.0 Å². The van der Waals surface area contributed by atoms with Crippen molar-refractivity contribution in [3.05, 3.63) is 75.9 Å². The van der Waals surface area contributed by atoms with E-state index in [0.29, 0.717) is 24.1 Å². The number of hydrogen-bond acceptors (Lipinski definition) is 5. The lowest BCUT2D eigenvalue weighted by Gasteiger charge is -2.39. The molecule has 0 N–H and O–H groups in total. The van der Waals surface area contributed by atoms with E-state index in [4.69, 9.17) is 14.5 Å². The Morgan fingerprint density at radius 2 is 1.76 bits per heavy atom. The zero-order valence-corrected chi connectivity index (χ0v) is 20.7. The Labute approximate surface area is 203 Å². The van der Waals surface area contributed by atoms with E-state index in [0.717, 1.165) is 21.5 Å². The number of benzene rings is 2. The Balaban J connectivity index is 1.58. The molecule has 0 saturated carbocycles. The first-order valence-corrected chi connectivity index (χ1v) is 12.0. The molecule has 1 heterocycles. The monoisotopic (exact) mass is 509 g/mol. The van der Waals surface area contributed by atoms with Gasteiger partial charge in [-0.2, -0.15) is 0 Å². The number of rotatable bonds is 6. The van der Waals surface area contributed by atoms with Gasteiger partial charge in [-0.1, -0.05) is 60.1 Å². The number of carbonyl (C=O) groups is 2. The molecule has 33 heavy (non-hydrogen) atoms. The van der Waals surface area contributed by atoms with Crippen molar-refractivity contribution < 1.29 is 19.1 Å². The molecule has 2 aromatic carbocycles. The molecule has 0 fully saturated rings. The van der Waals surface area contributed by atoms with Crippen LogP contribution in [0.25, 0.3) is 0 Å². The van der Waals surface area contributed by atoms with Gasteiger partial charge in [-0.05, 0) is 48.6 Å². The summed E-state index contributed by atoms with van der Waals surface area (Å²) < 4.78 is 12.2. The maximum atomic E-state index is 13.3. The minimum absolute atomic E-state index is 0.0654. The number of hydrogen-bond donors (Lipinski definition) is 0. The third-order valence-electron chi connectivity index (χ3n) is 6.12. The molecule has 1 aliphatic carbocycles. The van der Waals surface area contributed by atoms with Crippen molar-refractivity contribution >= 4 is 33.4 Å². The van der Waals surface area contributed by atoms with Gasteiger partial charge in [0, 0.05) is 33.8 Å². The Morgan fingerprint density at radius 3 is 2.45 bits per heavy atom. The Morgan fingerprint density at radius 1 is 1.06 bits per heavy atom. The van der Waals surface area contributed by atoms with Crippen molar-refractivity contribution in [1.29, 1.82) is 0 Å². The highest BCUT2D eigenvalue weighted by atomic mass is 79.9. The van der Waals surface area contributed by atoms with Gasteiger partial charge in [-0.15, -0.1) is 0 Å². The Kier molecular flexibility index (Phi) is 6.84. The van der Waals surface area contributed by atoms with Crippen molar-refractivity contribution in [2.24, 2.45) is 16.3 Å². The highest BCUT2D eigenvalue weighted by molar-refractivity contribution is 9.10. The Hall–Kier alpha value is -2.73. The third-order valence-corrected chi connectivity index (χ3v) is 6.65. The van der Waals surface area contributed by atoms with Gasteiger partial charge in [0.25, 0.3) is 0 Å². The molecule has 0 radical (unpaired) electrons. The number of para-hydroxylation sites is 1. The molecule has 0 spiro atoms. The van der Waals surface area contributed by atoms with Gasteiger partial charge in [-0.3, -0.25) is 14.6 Å². The van der Waals surface area contributed by atoms with E-state index in [2.05, 4.69) is 29.8 Å². The van der Waals surface area contributed by atoms with Crippen LogP contribution in [0.5, 0.6) is 5.75 Å². The summed E-state index contributed by atoms with van der Waals surface area (Å²) in [7, 11) is 0. The van der Waals surface area contributed by atoms with E-state index in [-0.39, 0.29) is 30.4 Å². The van der Waals surface area contributed by atoms with Crippen LogP contribution in [-0.2, 0) is 14.3 Å². The highest BCUT2D eigenvalue weighted by Gasteiger charge is 2.46. The first kappa shape index (κ1) is 23.4. The molecular weight excluding hydrogens is 482 g/mol. The minimum Gasteiger partial charge on any atom is -0.490 e. The summed E-state index contributed by atoms with van der Waals surface area (Å²) in [6, 6.07) is 17.2. The van der Waals surface area contributed by atoms with Crippen molar-refractivity contribution in [3.63, 3.8) is 0 Å². The number of Topliss-reactive ketones (excluding diaryl/α,β-unsaturated/α-hetero) is 1. The number of aliphatic imine (C=N–C) groups is 1. The molecule has 2 atom stereocenters. The second kappa shape index (κ2) is 9.64. The van der Waals surface area contributed by atoms with Crippen LogP contribution in [0.15, 0.2) is 75.3 Å². The molecule has 0 bridgehead atoms. The van der Waals surface area contributed by atoms with E-state index in [1.807, 2.05) is 61.5 Å². The molecule has 5 nitrogen and oxygen atoms in total. The number of ether oxygens (including phenoxy) is 2. The highest BCUT2D eigenvalue weighted by Crippen LogP contribution is 2.48. The first-order chi connectivity index (χ1) is 15.7. The van der Waals surface area contributed by atoms with E-state index >= 15 is 0 Å². The third kappa shape index (κ3) is 5.27. The fourth-order valence-corrected chi connectivity index (χ4v) is 4.95. The van der Waals surface area contributed by atoms with Gasteiger partial charge in [0.05, 0.1) is 0 Å². The second-order valence-corrected chi connectivity index (χ2v) is 10.3. The number of nitrogens with zero attached hydrogens (tertiary/aromatic N) is 1. The molecule has 4 rings (SSSR count). The molecular formula is C27H28BrNO4. The maximum Gasteiger partial charge on any atom is 0.315 e. The van der Waals surface area contributed by atoms with Crippen molar-refractivity contribution in [3.8, 4) is 5.75 Å². The van der Waals surface area contributed by atoms with Crippen molar-refractivity contribution in [1.82, 2.24) is 0 Å². The quantitative estimate of drug-likeness (QED) is 0.359. The van der Waals surface area contributed by atoms with Crippen LogP contribution in [0.4, 0.5) is 0 Å². The van der Waals surface area contributed by atoms with E-state index < -0.39 is 11.8 Å². The molecule has 1 unspecified atom stereocenters. The summed E-state index contributed by atoms with van der Waals surface area (Å²) in [5, 5.41) is 0. The van der Waals surface area contributed by atoms with Gasteiger partial charge >= 0.3 is 5.97 Å². The van der Waals surface area contributed by atoms with Crippen LogP contribution < -0.4 is 4.74 Å². The standard InChI is InChI=1S/C27H28BrNO4/c1-17-23(26(31)33-14-13-32-20-7-5-4-6-8-20)24(18-9-11-19(28)12-10-18)25-21(29-17)15-27(2,3)16-22(25)30/h4-12,23-24H,13-16H2,1-3H3/t23?,24-/m0/s1. The predicted octanol–water partition coefficient (Wildman–Crippen LogP) is 5.89. The lowest BCUT2D eigenvalue weighted by molar-refractivity contribution is -0.147. The minimum atomic E-state index is -0.646. The molecule has 0 aromatic heterocycles. The van der Waals surface area contributed by atoms with Gasteiger partial charge in [0.15, 0.2) is 5.78 Å². The van der Waals surface area contributed by atoms with Gasteiger partial charge in [-0.25, -0.2) is 0 Å². The van der Waals surface area contributed by atoms with Crippen LogP contribution >= 0.6 is 15.9 Å². The SMILES string of the molecule is CC1=NC2=C(C(=O)CC(C)(C)C2)[C@@H](c2ccc(Br)cc2)C1C(=O)OCCOc1ccccc1. The van der Waals surface area contributed by atoms with Crippen molar-refractivity contribution in [2.45, 2.75) is 39.5 Å². The Bertz CT molecular complexity index is 1100. The zero-order chi connectivity index (χ0) is 23.6. The van der Waals surface area contributed by atoms with Gasteiger partial charge < -0.3 is 9.47 Å². The van der Waals surface area contributed by atoms with Crippen molar-refractivity contribution in [2.75, 3.05) is 13.2 Å². The summed E-state index contributed by atoms with van der Waals surface area (Å²) in [4.78, 5) is 31.3. The zero-order valence-electron chi connectivity index (χ0n) is 19.1. The average Bonchev–Trinajstić information content (AvgIpc) is 2.76. The van der Waals surface area contributed by atoms with Gasteiger partial charge in [0.1, 0.15) is 24.9 Å². The lowest BCUT2D eigenvalue weighted by Crippen LogP contribution is -2.39. The number of halogens is 1. The molecule has 1 aliphatic heterocycles. The molecule has 0 amide bonds. The van der Waals surface area contributed by atoms with E-state index in [1.54, 1.807) is 0 Å². The van der Waals surface area contributed by atoms with Crippen LogP contribution in [0.1, 0.15) is 45.1 Å². The van der Waals surface area contributed by atoms with Crippen LogP contribution in [0, 0.1) is 11.3 Å². The molecule has 6 heteroatoms. The molecule has 2 aromatic rings. The summed E-state index contributed by atoms with van der Waals surface area (Å²) >= 11 is 3.47. The number of ketones is 1. The van der Waals surface area contributed by atoms with Crippen LogP contribution in [0.2, 0.25) is 0 Å². The van der Waals surface area contributed by atoms with Gasteiger partial charge in [0.2, 0.25) is 0 Å². The number of esters is 1. The number of carbonyl (C=O) groups excluding carboxylic acids is 2. The summed E-state index contributed by atoms with van der Waals surface area (Å²) in [5.74, 6) is -0.647. The second-order valence-electron chi connectivity index (χ2n) is 9.39. The summed E-state index contributed by atoms with van der Waals surface area (Å²) in [5.41, 5.74) is 2.91. The predicted molar refractivity (Wildman–Crippen MR) is 131 cm³/mol. The normalized spacial score (nSPS) is 21.8. The summed E-state index contributed by atoms with van der Waals surface area (Å²) in [6.07, 6.45) is 1.16. The fourth-order valence-electron chi connectivity index (χ4n) is 4.69. The largest absolute Gasteiger partial charge is 0.490 e. The molecule has 0 saturated heterocycles. The van der Waals surface area contributed by atoms with E-state index in [9.17, 15) is 9.59 Å². The average molecular weight is 510 g/mol. The fraction of sp³-hybridized carbons (Fsp3) is 0.370. The summed E-state index contributed by atoms with van der Waals surface area (Å²) in [6.45, 7) is 6.40. The molecule has 2 aliphatic rings. The molecule has 172 valence electrons. The first-order valence-electron chi connectivity index (χ1n) is 11.2. The lowest BCUT2D eigenvalue weighted by atomic mass is 9.67. The smallest absolute Gasteiger partial charge is 0.315 e. The maximum absolute atomic E-state index is 13.3. The number of allylic oxidation sites excluding steroid dienone is 2.